The van der Waals surface area contributed by atoms with E-state index in [0.717, 1.165) is 5.56 Å². The number of allylic oxidation sites excluding steroid dienone is 2. The number of hydrogen-bond donors (Lipinski definition) is 0. The molecule has 2 aromatic carbocycles. The van der Waals surface area contributed by atoms with Crippen LogP contribution < -0.4 is 0 Å². The zero-order chi connectivity index (χ0) is 17.4. The Hall–Kier alpha value is -3.63. The highest BCUT2D eigenvalue weighted by Crippen LogP contribution is 2.17. The van der Waals surface area contributed by atoms with Crippen LogP contribution in [0.2, 0.25) is 0 Å². The fraction of sp³-hybridized carbons (Fsp3) is 0.0500. The fourth-order valence-electron chi connectivity index (χ4n) is 1.97. The number of nitriles is 2. The van der Waals surface area contributed by atoms with Gasteiger partial charge in [-0.25, -0.2) is 0 Å². The summed E-state index contributed by atoms with van der Waals surface area (Å²) in [6, 6.07) is 18.0. The molecule has 0 radical (unpaired) electrons. The number of nitrogens with zero attached hydrogens (tertiary/aromatic N) is 2. The predicted octanol–water partition coefficient (Wildman–Crippen LogP) is 4.05. The molecule has 0 unspecified atom stereocenters. The monoisotopic (exact) mass is 314 g/mol. The van der Waals surface area contributed by atoms with Crippen LogP contribution in [0.3, 0.4) is 0 Å². The second-order valence-corrected chi connectivity index (χ2v) is 4.91. The van der Waals surface area contributed by atoms with E-state index in [2.05, 4.69) is 6.07 Å². The summed E-state index contributed by atoms with van der Waals surface area (Å²) in [6.07, 6.45) is 5.28. The highest BCUT2D eigenvalue weighted by molar-refractivity contribution is 5.77. The number of esters is 1. The second-order valence-electron chi connectivity index (χ2n) is 4.91. The van der Waals surface area contributed by atoms with Crippen molar-refractivity contribution in [2.45, 2.75) is 6.92 Å². The van der Waals surface area contributed by atoms with Gasteiger partial charge in [0.2, 0.25) is 0 Å². The Morgan fingerprint density at radius 3 is 2.00 bits per heavy atom. The number of carbonyl (C=O) groups is 1. The largest absolute Gasteiger partial charge is 0.426 e. The van der Waals surface area contributed by atoms with Gasteiger partial charge in [-0.15, -0.1) is 0 Å². The van der Waals surface area contributed by atoms with E-state index in [4.69, 9.17) is 15.3 Å². The van der Waals surface area contributed by atoms with E-state index >= 15 is 0 Å². The minimum Gasteiger partial charge on any atom is -0.426 e. The van der Waals surface area contributed by atoms with E-state index in [1.165, 1.54) is 6.92 Å². The van der Waals surface area contributed by atoms with E-state index in [9.17, 15) is 4.79 Å². The lowest BCUT2D eigenvalue weighted by molar-refractivity contribution is -0.134. The Morgan fingerprint density at radius 2 is 1.50 bits per heavy atom. The SMILES string of the molecule is CC(=O)O/C(=C/C=C/c1ccc(C#N)cc1)c1ccc(C#N)cc1. The average molecular weight is 314 g/mol. The topological polar surface area (TPSA) is 73.9 Å². The van der Waals surface area contributed by atoms with Gasteiger partial charge in [-0.1, -0.05) is 24.3 Å². The Morgan fingerprint density at radius 1 is 0.958 bits per heavy atom. The van der Waals surface area contributed by atoms with Crippen molar-refractivity contribution in [3.05, 3.63) is 82.9 Å². The number of benzene rings is 2. The lowest BCUT2D eigenvalue weighted by atomic mass is 10.1. The molecule has 2 rings (SSSR count). The van der Waals surface area contributed by atoms with Crippen LogP contribution in [-0.2, 0) is 9.53 Å². The molecule has 0 bridgehead atoms. The van der Waals surface area contributed by atoms with Gasteiger partial charge in [-0.3, -0.25) is 4.79 Å². The van der Waals surface area contributed by atoms with Crippen molar-refractivity contribution in [1.82, 2.24) is 0 Å². The van der Waals surface area contributed by atoms with Gasteiger partial charge in [0.1, 0.15) is 5.76 Å². The highest BCUT2D eigenvalue weighted by atomic mass is 16.5. The van der Waals surface area contributed by atoms with Crippen LogP contribution in [0.5, 0.6) is 0 Å². The van der Waals surface area contributed by atoms with Crippen LogP contribution in [-0.4, -0.2) is 5.97 Å². The smallest absolute Gasteiger partial charge is 0.308 e. The van der Waals surface area contributed by atoms with Crippen LogP contribution in [0.4, 0.5) is 0 Å². The highest BCUT2D eigenvalue weighted by Gasteiger charge is 2.05. The Labute approximate surface area is 140 Å². The van der Waals surface area contributed by atoms with Crippen molar-refractivity contribution in [3.63, 3.8) is 0 Å². The molecule has 0 spiro atoms. The molecule has 0 N–H and O–H groups in total. The number of hydrogen-bond acceptors (Lipinski definition) is 4. The second kappa shape index (κ2) is 8.12. The summed E-state index contributed by atoms with van der Waals surface area (Å²) in [6.45, 7) is 1.34. The van der Waals surface area contributed by atoms with Gasteiger partial charge >= 0.3 is 5.97 Å². The van der Waals surface area contributed by atoms with E-state index < -0.39 is 5.97 Å². The first-order valence-electron chi connectivity index (χ1n) is 7.20. The molecule has 0 aliphatic carbocycles. The summed E-state index contributed by atoms with van der Waals surface area (Å²) in [4.78, 5) is 11.3. The normalized spacial score (nSPS) is 10.9. The molecule has 0 aliphatic heterocycles. The Kier molecular flexibility index (Phi) is 5.66. The summed E-state index contributed by atoms with van der Waals surface area (Å²) >= 11 is 0. The summed E-state index contributed by atoms with van der Waals surface area (Å²) in [5.74, 6) is -0.0192. The van der Waals surface area contributed by atoms with Crippen LogP contribution in [0, 0.1) is 22.7 Å². The maximum absolute atomic E-state index is 11.3. The lowest BCUT2D eigenvalue weighted by Crippen LogP contribution is -1.98. The molecule has 0 heterocycles. The van der Waals surface area contributed by atoms with E-state index in [1.54, 1.807) is 48.6 Å². The molecular weight excluding hydrogens is 300 g/mol. The molecule has 0 fully saturated rings. The van der Waals surface area contributed by atoms with Crippen molar-refractivity contribution in [1.29, 1.82) is 10.5 Å². The first-order valence-corrected chi connectivity index (χ1v) is 7.20. The standard InChI is InChI=1S/C20H14N2O2/c1-15(23)24-20(19-11-9-18(14-22)10-12-19)4-2-3-16-5-7-17(13-21)8-6-16/h2-12H,1H3/b3-2+,20-4+. The average Bonchev–Trinajstić information content (AvgIpc) is 2.61. The first-order chi connectivity index (χ1) is 11.6. The maximum Gasteiger partial charge on any atom is 0.308 e. The fourth-order valence-corrected chi connectivity index (χ4v) is 1.97. The molecule has 0 atom stereocenters. The molecule has 116 valence electrons. The van der Waals surface area contributed by atoms with Crippen LogP contribution in [0.15, 0.2) is 60.7 Å². The van der Waals surface area contributed by atoms with Gasteiger partial charge in [0.25, 0.3) is 0 Å². The van der Waals surface area contributed by atoms with Gasteiger partial charge < -0.3 is 4.74 Å². The summed E-state index contributed by atoms with van der Waals surface area (Å²) < 4.78 is 5.23. The molecule has 2 aromatic rings. The van der Waals surface area contributed by atoms with Crippen molar-refractivity contribution in [3.8, 4) is 12.1 Å². The molecular formula is C20H14N2O2. The predicted molar refractivity (Wildman–Crippen MR) is 91.1 cm³/mol. The van der Waals surface area contributed by atoms with Crippen LogP contribution in [0.25, 0.3) is 11.8 Å². The number of ether oxygens (including phenoxy) is 1. The molecule has 0 saturated carbocycles. The third-order valence-electron chi connectivity index (χ3n) is 3.13. The van der Waals surface area contributed by atoms with E-state index in [0.29, 0.717) is 22.4 Å². The van der Waals surface area contributed by atoms with Crippen molar-refractivity contribution in [2.75, 3.05) is 0 Å². The van der Waals surface area contributed by atoms with Gasteiger partial charge in [-0.2, -0.15) is 10.5 Å². The Bertz CT molecular complexity index is 862. The molecule has 24 heavy (non-hydrogen) atoms. The molecule has 0 amide bonds. The Balaban J connectivity index is 2.24. The zero-order valence-corrected chi connectivity index (χ0v) is 13.1. The van der Waals surface area contributed by atoms with E-state index in [-0.39, 0.29) is 0 Å². The van der Waals surface area contributed by atoms with Crippen molar-refractivity contribution >= 4 is 17.8 Å². The number of carbonyl (C=O) groups excluding carboxylic acids is 1. The zero-order valence-electron chi connectivity index (χ0n) is 13.1. The van der Waals surface area contributed by atoms with Gasteiger partial charge in [0.05, 0.1) is 23.3 Å². The minimum absolute atomic E-state index is 0.400. The molecule has 4 heteroatoms. The molecule has 4 nitrogen and oxygen atoms in total. The molecule has 0 aromatic heterocycles. The minimum atomic E-state index is -0.419. The molecule has 0 saturated heterocycles. The van der Waals surface area contributed by atoms with Crippen molar-refractivity contribution in [2.24, 2.45) is 0 Å². The van der Waals surface area contributed by atoms with Gasteiger partial charge in [0.15, 0.2) is 0 Å². The third kappa shape index (κ3) is 4.69. The van der Waals surface area contributed by atoms with Gasteiger partial charge in [-0.05, 0) is 48.0 Å². The van der Waals surface area contributed by atoms with Crippen LogP contribution in [0.1, 0.15) is 29.2 Å². The quantitative estimate of drug-likeness (QED) is 0.485. The van der Waals surface area contributed by atoms with Crippen molar-refractivity contribution < 1.29 is 9.53 Å². The lowest BCUT2D eigenvalue weighted by Gasteiger charge is -2.06. The summed E-state index contributed by atoms with van der Waals surface area (Å²) in [5.41, 5.74) is 2.76. The van der Waals surface area contributed by atoms with Crippen LogP contribution >= 0.6 is 0 Å². The van der Waals surface area contributed by atoms with Gasteiger partial charge in [0, 0.05) is 12.5 Å². The van der Waals surface area contributed by atoms with E-state index in [1.807, 2.05) is 24.3 Å². The molecule has 0 aliphatic rings. The summed E-state index contributed by atoms with van der Waals surface area (Å²) in [5, 5.41) is 17.6. The maximum atomic E-state index is 11.3. The first kappa shape index (κ1) is 16.7. The third-order valence-corrected chi connectivity index (χ3v) is 3.13. The number of rotatable bonds is 4. The summed E-state index contributed by atoms with van der Waals surface area (Å²) in [7, 11) is 0.